The highest BCUT2D eigenvalue weighted by atomic mass is 35.5. The van der Waals surface area contributed by atoms with Gasteiger partial charge in [-0.1, -0.05) is 59.3 Å². The van der Waals surface area contributed by atoms with Gasteiger partial charge in [0.15, 0.2) is 0 Å². The average molecular weight is 565 g/mol. The lowest BCUT2D eigenvalue weighted by molar-refractivity contribution is 0.610. The van der Waals surface area contributed by atoms with Crippen LogP contribution < -0.4 is 10.6 Å². The minimum Gasteiger partial charge on any atom is -0.376 e. The Bertz CT molecular complexity index is 1810. The van der Waals surface area contributed by atoms with Gasteiger partial charge in [-0.15, -0.1) is 5.10 Å². The van der Waals surface area contributed by atoms with Crippen molar-refractivity contribution in [2.75, 3.05) is 10.6 Å². The van der Waals surface area contributed by atoms with Gasteiger partial charge in [0.25, 0.3) is 0 Å². The lowest BCUT2D eigenvalue weighted by Crippen LogP contribution is -2.15. The van der Waals surface area contributed by atoms with E-state index in [0.717, 1.165) is 31.2 Å². The molecule has 2 aliphatic carbocycles. The van der Waals surface area contributed by atoms with Crippen LogP contribution in [0.25, 0.3) is 10.9 Å². The molecule has 2 N–H and O–H groups in total. The number of nitrogens with one attached hydrogen (secondary N) is 2. The minimum absolute atomic E-state index is 0.0197. The molecule has 0 bridgehead atoms. The second-order valence-corrected chi connectivity index (χ2v) is 11.1. The van der Waals surface area contributed by atoms with Gasteiger partial charge in [0, 0.05) is 17.3 Å². The number of fused-ring (bicyclic) bond motifs is 1. The predicted molar refractivity (Wildman–Crippen MR) is 157 cm³/mol. The number of hydrogen-bond donors (Lipinski definition) is 2. The average Bonchev–Trinajstić information content (AvgIpc) is 3.95. The molecule has 7 nitrogen and oxygen atoms in total. The summed E-state index contributed by atoms with van der Waals surface area (Å²) >= 11 is 6.80. The zero-order valence-electron chi connectivity index (χ0n) is 23.1. The summed E-state index contributed by atoms with van der Waals surface area (Å²) in [5, 5.41) is 26.7. The van der Waals surface area contributed by atoms with Crippen LogP contribution in [0.4, 0.5) is 15.8 Å². The largest absolute Gasteiger partial charge is 0.376 e. The molecule has 204 valence electrons. The molecule has 2 atom stereocenters. The smallest absolute Gasteiger partial charge is 0.123 e. The lowest BCUT2D eigenvalue weighted by Gasteiger charge is -2.23. The van der Waals surface area contributed by atoms with Crippen molar-refractivity contribution < 1.29 is 5.76 Å². The monoisotopic (exact) mass is 564 g/mol. The number of halogens is 2. The molecule has 0 saturated heterocycles. The van der Waals surface area contributed by atoms with Crippen LogP contribution in [0.5, 0.6) is 0 Å². The lowest BCUT2D eigenvalue weighted by atomic mass is 10.00. The number of rotatable bonds is 9. The molecule has 2 heterocycles. The number of benzene rings is 3. The van der Waals surface area contributed by atoms with Crippen LogP contribution in [0.1, 0.15) is 67.5 Å². The highest BCUT2D eigenvalue weighted by Crippen LogP contribution is 2.45. The number of nitrogens with zero attached hydrogens (tertiary/aromatic N) is 5. The van der Waals surface area contributed by atoms with Gasteiger partial charge in [-0.25, -0.2) is 9.07 Å². The van der Waals surface area contributed by atoms with Crippen LogP contribution in [0.3, 0.4) is 0 Å². The minimum atomic E-state index is -1.60. The number of nitriles is 1. The quantitative estimate of drug-likeness (QED) is 0.192. The van der Waals surface area contributed by atoms with Gasteiger partial charge in [0.05, 0.1) is 47.5 Å². The van der Waals surface area contributed by atoms with Crippen LogP contribution in [0.2, 0.25) is 5.02 Å². The fourth-order valence-corrected chi connectivity index (χ4v) is 5.51. The Kier molecular flexibility index (Phi) is 6.22. The summed E-state index contributed by atoms with van der Waals surface area (Å²) in [6.45, 7) is 0. The Morgan fingerprint density at radius 1 is 1.02 bits per heavy atom. The third-order valence-electron chi connectivity index (χ3n) is 7.69. The zero-order valence-corrected chi connectivity index (χ0v) is 22.8. The normalized spacial score (nSPS) is 17.3. The Balaban J connectivity index is 1.33. The van der Waals surface area contributed by atoms with E-state index < -0.39 is 11.8 Å². The molecule has 5 aromatic rings. The van der Waals surface area contributed by atoms with E-state index in [0.29, 0.717) is 50.0 Å². The van der Waals surface area contributed by atoms with Crippen LogP contribution in [0, 0.1) is 23.1 Å². The van der Waals surface area contributed by atoms with Crippen LogP contribution in [-0.2, 0) is 0 Å². The highest BCUT2D eigenvalue weighted by molar-refractivity contribution is 6.35. The van der Waals surface area contributed by atoms with E-state index in [-0.39, 0.29) is 12.1 Å². The molecule has 2 fully saturated rings. The standard InChI is InChI=1S/C32H27ClFN7/c33-27-15-24(37-31(21-8-10-23(34)11-9-21)28-18-41(40-39-28)25-12-13-25)14-26-30(22(16-35)17-36-32(26)27)38-29(20-6-7-20)19-4-2-1-3-5-19/h1-5,8-11,14-15,17-18,20,25,29,31,37H,6-7,12-13H2,(H,36,38)/t29-,31-/m0/s1/i31D. The third kappa shape index (κ3) is 5.21. The molecule has 0 unspecified atom stereocenters. The van der Waals surface area contributed by atoms with E-state index in [2.05, 4.69) is 44.1 Å². The maximum Gasteiger partial charge on any atom is 0.123 e. The molecule has 0 aliphatic heterocycles. The number of anilines is 2. The first-order valence-electron chi connectivity index (χ1n) is 14.2. The molecule has 2 aliphatic rings. The molecule has 41 heavy (non-hydrogen) atoms. The predicted octanol–water partition coefficient (Wildman–Crippen LogP) is 7.59. The molecule has 7 rings (SSSR count). The van der Waals surface area contributed by atoms with Crippen LogP contribution in [-0.4, -0.2) is 20.0 Å². The summed E-state index contributed by atoms with van der Waals surface area (Å²) in [6.07, 6.45) is 7.56. The molecule has 0 radical (unpaired) electrons. The number of pyridine rings is 1. The molecular weight excluding hydrogens is 537 g/mol. The van der Waals surface area contributed by atoms with Gasteiger partial charge in [0.1, 0.15) is 17.6 Å². The van der Waals surface area contributed by atoms with Crippen LogP contribution in [0.15, 0.2) is 79.1 Å². The molecule has 2 aromatic heterocycles. The summed E-state index contributed by atoms with van der Waals surface area (Å²) < 4.78 is 25.3. The summed E-state index contributed by atoms with van der Waals surface area (Å²) in [5.41, 5.74) is 4.12. The second-order valence-electron chi connectivity index (χ2n) is 10.7. The Morgan fingerprint density at radius 2 is 1.80 bits per heavy atom. The Hall–Kier alpha value is -4.48. The van der Waals surface area contributed by atoms with Crippen LogP contribution >= 0.6 is 11.6 Å². The molecule has 0 amide bonds. The molecule has 3 aromatic carbocycles. The summed E-state index contributed by atoms with van der Waals surface area (Å²) in [4.78, 5) is 4.51. The summed E-state index contributed by atoms with van der Waals surface area (Å²) in [6, 6.07) is 20.5. The Labute approximate surface area is 243 Å². The fraction of sp³-hybridized carbons (Fsp3) is 0.250. The fourth-order valence-electron chi connectivity index (χ4n) is 5.24. The summed E-state index contributed by atoms with van der Waals surface area (Å²) in [5.74, 6) is 0.0540. The van der Waals surface area contributed by atoms with Gasteiger partial charge >= 0.3 is 0 Å². The van der Waals surface area contributed by atoms with E-state index in [1.54, 1.807) is 35.3 Å². The van der Waals surface area contributed by atoms with E-state index in [9.17, 15) is 11.0 Å². The van der Waals surface area contributed by atoms with Crippen molar-refractivity contribution in [3.8, 4) is 6.07 Å². The van der Waals surface area contributed by atoms with Crippen molar-refractivity contribution in [3.63, 3.8) is 0 Å². The van der Waals surface area contributed by atoms with E-state index >= 15 is 0 Å². The van der Waals surface area contributed by atoms with Crippen molar-refractivity contribution in [3.05, 3.63) is 112 Å². The summed E-state index contributed by atoms with van der Waals surface area (Å²) in [7, 11) is 0. The zero-order chi connectivity index (χ0) is 28.8. The van der Waals surface area contributed by atoms with Crippen molar-refractivity contribution in [1.29, 1.82) is 5.26 Å². The Morgan fingerprint density at radius 3 is 2.51 bits per heavy atom. The van der Waals surface area contributed by atoms with Crippen molar-refractivity contribution in [2.45, 2.75) is 43.8 Å². The number of aromatic nitrogens is 4. The van der Waals surface area contributed by atoms with Gasteiger partial charge in [-0.2, -0.15) is 5.26 Å². The molecule has 2 saturated carbocycles. The van der Waals surface area contributed by atoms with Gasteiger partial charge in [0.2, 0.25) is 0 Å². The SMILES string of the molecule is [2H][C@](Nc1cc(Cl)c2ncc(C#N)c(N[C@@H](c3ccccc3)C3CC3)c2c1)(c1ccc(F)cc1)c1cn(C2CC2)nn1. The first-order chi connectivity index (χ1) is 20.4. The van der Waals surface area contributed by atoms with Crippen molar-refractivity contribution >= 4 is 33.9 Å². The highest BCUT2D eigenvalue weighted by Gasteiger charge is 2.33. The third-order valence-corrected chi connectivity index (χ3v) is 7.97. The van der Waals surface area contributed by atoms with Gasteiger partial charge in [-0.3, -0.25) is 4.98 Å². The molecule has 0 spiro atoms. The molecular formula is C32H27ClFN7. The van der Waals surface area contributed by atoms with E-state index in [1.165, 1.54) is 12.1 Å². The van der Waals surface area contributed by atoms with Crippen molar-refractivity contribution in [1.82, 2.24) is 20.0 Å². The van der Waals surface area contributed by atoms with Gasteiger partial charge < -0.3 is 10.6 Å². The van der Waals surface area contributed by atoms with E-state index in [4.69, 9.17) is 11.6 Å². The maximum atomic E-state index is 13.9. The first kappa shape index (κ1) is 24.3. The van der Waals surface area contributed by atoms with E-state index in [1.807, 2.05) is 24.3 Å². The maximum absolute atomic E-state index is 13.9. The second kappa shape index (κ2) is 10.5. The van der Waals surface area contributed by atoms with Crippen molar-refractivity contribution in [2.24, 2.45) is 5.92 Å². The topological polar surface area (TPSA) is 91.5 Å². The first-order valence-corrected chi connectivity index (χ1v) is 14.1. The molecule has 9 heteroatoms. The number of hydrogen-bond acceptors (Lipinski definition) is 6. The van der Waals surface area contributed by atoms with Gasteiger partial charge in [-0.05, 0) is 67.0 Å².